The van der Waals surface area contributed by atoms with Gasteiger partial charge in [0.05, 0.1) is 0 Å². The third-order valence-corrected chi connectivity index (χ3v) is 7.64. The summed E-state index contributed by atoms with van der Waals surface area (Å²) < 4.78 is 56.5. The molecule has 0 unspecified atom stereocenters. The largest absolute Gasteiger partial charge is 0.336 e. The van der Waals surface area contributed by atoms with E-state index in [4.69, 9.17) is 0 Å². The summed E-state index contributed by atoms with van der Waals surface area (Å²) in [7, 11) is -4.33. The molecule has 0 radical (unpaired) electrons. The summed E-state index contributed by atoms with van der Waals surface area (Å²) in [6, 6.07) is 14.2. The summed E-state index contributed by atoms with van der Waals surface area (Å²) in [5.74, 6) is -2.47. The Morgan fingerprint density at radius 3 is 1.88 bits per heavy atom. The molecule has 0 bridgehead atoms. The van der Waals surface area contributed by atoms with E-state index in [-0.39, 0.29) is 32.1 Å². The van der Waals surface area contributed by atoms with Crippen molar-refractivity contribution in [2.45, 2.75) is 18.7 Å². The van der Waals surface area contributed by atoms with Gasteiger partial charge in [0.1, 0.15) is 11.6 Å². The number of amides is 1. The number of hydrogen-bond donors (Lipinski definition) is 0. The van der Waals surface area contributed by atoms with Crippen LogP contribution in [0.5, 0.6) is 0 Å². The van der Waals surface area contributed by atoms with Gasteiger partial charge < -0.3 is 9.47 Å². The van der Waals surface area contributed by atoms with Crippen LogP contribution in [0.1, 0.15) is 21.7 Å². The Kier molecular flexibility index (Phi) is 5.87. The Morgan fingerprint density at radius 2 is 1.34 bits per heavy atom. The van der Waals surface area contributed by atoms with Crippen molar-refractivity contribution in [3.63, 3.8) is 0 Å². The van der Waals surface area contributed by atoms with E-state index in [0.29, 0.717) is 5.56 Å². The summed E-state index contributed by atoms with van der Waals surface area (Å²) in [6.07, 6.45) is 0. The summed E-state index contributed by atoms with van der Waals surface area (Å²) in [5.41, 5.74) is 3.62. The number of aromatic nitrogens is 1. The van der Waals surface area contributed by atoms with Crippen LogP contribution in [0, 0.1) is 25.5 Å². The predicted molar refractivity (Wildman–Crippen MR) is 116 cm³/mol. The van der Waals surface area contributed by atoms with Crippen LogP contribution < -0.4 is 0 Å². The molecule has 0 N–H and O–H groups in total. The normalized spacial score (nSPS) is 15.2. The van der Waals surface area contributed by atoms with Crippen molar-refractivity contribution < 1.29 is 22.0 Å². The van der Waals surface area contributed by atoms with Crippen molar-refractivity contribution in [2.24, 2.45) is 0 Å². The number of hydrogen-bond acceptors (Lipinski definition) is 3. The second-order valence-electron chi connectivity index (χ2n) is 7.75. The van der Waals surface area contributed by atoms with Gasteiger partial charge in [-0.2, -0.15) is 4.31 Å². The molecular formula is C23H23F2N3O3S. The number of aryl methyl sites for hydroxylation is 2. The fourth-order valence-corrected chi connectivity index (χ4v) is 5.53. The topological polar surface area (TPSA) is 62.6 Å². The van der Waals surface area contributed by atoms with Gasteiger partial charge in [-0.1, -0.05) is 6.07 Å². The molecule has 168 valence electrons. The third kappa shape index (κ3) is 3.93. The van der Waals surface area contributed by atoms with Gasteiger partial charge >= 0.3 is 0 Å². The maximum absolute atomic E-state index is 14.0. The lowest BCUT2D eigenvalue weighted by Gasteiger charge is -2.34. The van der Waals surface area contributed by atoms with Gasteiger partial charge in [0.15, 0.2) is 4.90 Å². The number of halogens is 2. The second kappa shape index (κ2) is 8.48. The molecule has 1 aromatic heterocycles. The Bertz CT molecular complexity index is 1220. The highest BCUT2D eigenvalue weighted by molar-refractivity contribution is 7.89. The molecule has 6 nitrogen and oxygen atoms in total. The maximum atomic E-state index is 14.0. The first-order valence-corrected chi connectivity index (χ1v) is 11.6. The Labute approximate surface area is 185 Å². The van der Waals surface area contributed by atoms with Crippen molar-refractivity contribution in [1.29, 1.82) is 0 Å². The van der Waals surface area contributed by atoms with Crippen molar-refractivity contribution in [3.05, 3.63) is 83.2 Å². The van der Waals surface area contributed by atoms with Gasteiger partial charge in [-0.05, 0) is 62.4 Å². The standard InChI is InChI=1S/C23H23F2N3O3S/c1-16-6-7-17(2)28(16)19-10-8-18(9-11-19)23(29)26-12-14-27(15-13-26)32(30,31)22-20(24)4-3-5-21(22)25/h3-11H,12-15H2,1-2H3. The van der Waals surface area contributed by atoms with Crippen molar-refractivity contribution in [3.8, 4) is 5.69 Å². The number of benzene rings is 2. The maximum Gasteiger partial charge on any atom is 0.253 e. The molecule has 3 aromatic rings. The van der Waals surface area contributed by atoms with E-state index < -0.39 is 26.6 Å². The summed E-state index contributed by atoms with van der Waals surface area (Å²) in [5, 5.41) is 0. The minimum atomic E-state index is -4.33. The van der Waals surface area contributed by atoms with E-state index in [2.05, 4.69) is 4.57 Å². The van der Waals surface area contributed by atoms with Crippen molar-refractivity contribution in [2.75, 3.05) is 26.2 Å². The molecule has 0 spiro atoms. The molecule has 1 aliphatic rings. The van der Waals surface area contributed by atoms with E-state index in [9.17, 15) is 22.0 Å². The van der Waals surface area contributed by atoms with Crippen LogP contribution in [-0.4, -0.2) is 54.3 Å². The lowest BCUT2D eigenvalue weighted by atomic mass is 10.1. The zero-order chi connectivity index (χ0) is 23.0. The van der Waals surface area contributed by atoms with Gasteiger partial charge in [-0.25, -0.2) is 17.2 Å². The highest BCUT2D eigenvalue weighted by Crippen LogP contribution is 2.24. The predicted octanol–water partition coefficient (Wildman–Crippen LogP) is 3.52. The van der Waals surface area contributed by atoms with E-state index in [1.165, 1.54) is 0 Å². The monoisotopic (exact) mass is 459 g/mol. The van der Waals surface area contributed by atoms with Crippen LogP contribution in [0.15, 0.2) is 59.5 Å². The zero-order valence-corrected chi connectivity index (χ0v) is 18.6. The van der Waals surface area contributed by atoms with Gasteiger partial charge in [-0.3, -0.25) is 4.79 Å². The quantitative estimate of drug-likeness (QED) is 0.600. The lowest BCUT2D eigenvalue weighted by molar-refractivity contribution is 0.0697. The first-order valence-electron chi connectivity index (χ1n) is 10.2. The summed E-state index contributed by atoms with van der Waals surface area (Å²) >= 11 is 0. The first kappa shape index (κ1) is 22.2. The number of carbonyl (C=O) groups excluding carboxylic acids is 1. The minimum Gasteiger partial charge on any atom is -0.336 e. The zero-order valence-electron chi connectivity index (χ0n) is 17.8. The molecule has 32 heavy (non-hydrogen) atoms. The fourth-order valence-electron chi connectivity index (χ4n) is 4.00. The molecule has 1 aliphatic heterocycles. The Hall–Kier alpha value is -3.04. The number of carbonyl (C=O) groups is 1. The second-order valence-corrected chi connectivity index (χ2v) is 9.62. The van der Waals surface area contributed by atoms with E-state index in [0.717, 1.165) is 39.6 Å². The van der Waals surface area contributed by atoms with E-state index in [1.54, 1.807) is 17.0 Å². The molecule has 1 saturated heterocycles. The highest BCUT2D eigenvalue weighted by atomic mass is 32.2. The third-order valence-electron chi connectivity index (χ3n) is 5.69. The average molecular weight is 460 g/mol. The molecule has 1 amide bonds. The molecule has 0 atom stereocenters. The highest BCUT2D eigenvalue weighted by Gasteiger charge is 2.34. The van der Waals surface area contributed by atoms with Gasteiger partial charge in [0.25, 0.3) is 5.91 Å². The number of rotatable bonds is 4. The molecule has 4 rings (SSSR count). The van der Waals surface area contributed by atoms with Crippen LogP contribution in [-0.2, 0) is 10.0 Å². The van der Waals surface area contributed by atoms with Gasteiger partial charge in [0, 0.05) is 48.8 Å². The Balaban J connectivity index is 1.46. The first-order chi connectivity index (χ1) is 15.2. The summed E-state index contributed by atoms with van der Waals surface area (Å²) in [4.78, 5) is 13.5. The molecule has 9 heteroatoms. The molecule has 1 fully saturated rings. The number of piperazine rings is 1. The van der Waals surface area contributed by atoms with E-state index in [1.807, 2.05) is 38.1 Å². The molecule has 0 aliphatic carbocycles. The van der Waals surface area contributed by atoms with E-state index >= 15 is 0 Å². The molecule has 2 aromatic carbocycles. The van der Waals surface area contributed by atoms with Crippen LogP contribution >= 0.6 is 0 Å². The van der Waals surface area contributed by atoms with Crippen LogP contribution in [0.4, 0.5) is 8.78 Å². The number of nitrogens with zero attached hydrogens (tertiary/aromatic N) is 3. The summed E-state index contributed by atoms with van der Waals surface area (Å²) in [6.45, 7) is 4.19. The lowest BCUT2D eigenvalue weighted by Crippen LogP contribution is -2.50. The average Bonchev–Trinajstić information content (AvgIpc) is 3.11. The molecule has 2 heterocycles. The van der Waals surface area contributed by atoms with Gasteiger partial charge in [-0.15, -0.1) is 0 Å². The van der Waals surface area contributed by atoms with Gasteiger partial charge in [0.2, 0.25) is 10.0 Å². The fraction of sp³-hybridized carbons (Fsp3) is 0.261. The van der Waals surface area contributed by atoms with Crippen molar-refractivity contribution >= 4 is 15.9 Å². The van der Waals surface area contributed by atoms with Crippen LogP contribution in [0.3, 0.4) is 0 Å². The SMILES string of the molecule is Cc1ccc(C)n1-c1ccc(C(=O)N2CCN(S(=O)(=O)c3c(F)cccc3F)CC2)cc1. The Morgan fingerprint density at radius 1 is 0.812 bits per heavy atom. The smallest absolute Gasteiger partial charge is 0.253 e. The van der Waals surface area contributed by atoms with Crippen molar-refractivity contribution in [1.82, 2.24) is 13.8 Å². The van der Waals surface area contributed by atoms with Crippen LogP contribution in [0.2, 0.25) is 0 Å². The molecular weight excluding hydrogens is 436 g/mol. The number of sulfonamides is 1. The van der Waals surface area contributed by atoms with Crippen LogP contribution in [0.25, 0.3) is 5.69 Å². The minimum absolute atomic E-state index is 0.0400. The molecule has 0 saturated carbocycles.